The highest BCUT2D eigenvalue weighted by molar-refractivity contribution is 5.90. The molecule has 0 aliphatic carbocycles. The van der Waals surface area contributed by atoms with E-state index in [-0.39, 0.29) is 6.10 Å². The van der Waals surface area contributed by atoms with Gasteiger partial charge >= 0.3 is 6.09 Å². The predicted octanol–water partition coefficient (Wildman–Crippen LogP) is 2.52. The lowest BCUT2D eigenvalue weighted by Crippen LogP contribution is -2.43. The fraction of sp³-hybridized carbons (Fsp3) is 0.318. The second-order valence-electron chi connectivity index (χ2n) is 7.65. The zero-order valence-electron chi connectivity index (χ0n) is 16.9. The highest BCUT2D eigenvalue weighted by Gasteiger charge is 2.33. The molecule has 2 aromatic heterocycles. The van der Waals surface area contributed by atoms with E-state index in [0.717, 1.165) is 32.0 Å². The van der Waals surface area contributed by atoms with Crippen molar-refractivity contribution in [3.63, 3.8) is 0 Å². The Labute approximate surface area is 179 Å². The molecule has 8 nitrogen and oxygen atoms in total. The summed E-state index contributed by atoms with van der Waals surface area (Å²) in [6.07, 6.45) is 4.36. The fourth-order valence-electron chi connectivity index (χ4n) is 3.98. The smallest absolute Gasteiger partial charge is 0.414 e. The van der Waals surface area contributed by atoms with Gasteiger partial charge in [0.1, 0.15) is 17.7 Å². The van der Waals surface area contributed by atoms with E-state index in [1.807, 2.05) is 24.4 Å². The number of carbonyl (C=O) groups is 1. The summed E-state index contributed by atoms with van der Waals surface area (Å²) in [6.45, 7) is 4.48. The molecule has 5 rings (SSSR count). The molecule has 1 atom stereocenters. The Hall–Kier alpha value is -3.46. The van der Waals surface area contributed by atoms with Crippen LogP contribution in [0.1, 0.15) is 0 Å². The number of benzene rings is 1. The molecule has 2 saturated heterocycles. The number of cyclic esters (lactones) is 1. The van der Waals surface area contributed by atoms with E-state index in [0.29, 0.717) is 29.9 Å². The molecule has 4 heterocycles. The van der Waals surface area contributed by atoms with Crippen LogP contribution in [0.3, 0.4) is 0 Å². The Balaban J connectivity index is 1.30. The molecule has 1 aromatic carbocycles. The number of hydrogen-bond donors (Lipinski definition) is 1. The van der Waals surface area contributed by atoms with Crippen molar-refractivity contribution in [3.05, 3.63) is 60.8 Å². The summed E-state index contributed by atoms with van der Waals surface area (Å²) >= 11 is 0. The van der Waals surface area contributed by atoms with Crippen LogP contribution in [0.4, 0.5) is 20.7 Å². The van der Waals surface area contributed by atoms with Gasteiger partial charge in [-0.3, -0.25) is 9.58 Å². The monoisotopic (exact) mass is 422 g/mol. The maximum atomic E-state index is 14.9. The summed E-state index contributed by atoms with van der Waals surface area (Å²) in [4.78, 5) is 20.5. The van der Waals surface area contributed by atoms with Crippen LogP contribution < -0.4 is 15.1 Å². The van der Waals surface area contributed by atoms with E-state index in [1.54, 1.807) is 29.2 Å². The minimum Gasteiger partial charge on any atom is -0.442 e. The molecule has 0 spiro atoms. The van der Waals surface area contributed by atoms with Gasteiger partial charge in [-0.2, -0.15) is 5.10 Å². The normalized spacial score (nSPS) is 19.0. The second-order valence-corrected chi connectivity index (χ2v) is 7.65. The lowest BCUT2D eigenvalue weighted by molar-refractivity contribution is 0.129. The van der Waals surface area contributed by atoms with Gasteiger partial charge in [-0.15, -0.1) is 0 Å². The van der Waals surface area contributed by atoms with Gasteiger partial charge in [-0.05, 0) is 36.4 Å². The number of hydrogen-bond acceptors (Lipinski definition) is 6. The van der Waals surface area contributed by atoms with Crippen LogP contribution in [-0.4, -0.2) is 59.7 Å². The lowest BCUT2D eigenvalue weighted by Gasteiger charge is -2.28. The average Bonchev–Trinajstić information content (AvgIpc) is 3.44. The van der Waals surface area contributed by atoms with Gasteiger partial charge in [0, 0.05) is 55.9 Å². The third-order valence-electron chi connectivity index (χ3n) is 5.59. The highest BCUT2D eigenvalue weighted by atomic mass is 19.1. The van der Waals surface area contributed by atoms with Gasteiger partial charge in [-0.25, -0.2) is 14.2 Å². The van der Waals surface area contributed by atoms with E-state index in [4.69, 9.17) is 4.74 Å². The van der Waals surface area contributed by atoms with Gasteiger partial charge in [0.15, 0.2) is 0 Å². The van der Waals surface area contributed by atoms with E-state index in [9.17, 15) is 9.18 Å². The molecule has 1 N–H and O–H groups in total. The molecule has 1 amide bonds. The van der Waals surface area contributed by atoms with Gasteiger partial charge in [-0.1, -0.05) is 0 Å². The van der Waals surface area contributed by atoms with Crippen molar-refractivity contribution >= 4 is 17.6 Å². The maximum absolute atomic E-state index is 14.9. The minimum absolute atomic E-state index is 0.336. The van der Waals surface area contributed by atoms with E-state index in [2.05, 4.69) is 20.3 Å². The Bertz CT molecular complexity index is 1050. The predicted molar refractivity (Wildman–Crippen MR) is 115 cm³/mol. The number of pyridine rings is 1. The number of rotatable bonds is 5. The fourth-order valence-corrected chi connectivity index (χ4v) is 3.98. The van der Waals surface area contributed by atoms with Crippen molar-refractivity contribution in [1.82, 2.24) is 20.1 Å². The van der Waals surface area contributed by atoms with Crippen LogP contribution in [0, 0.1) is 5.82 Å². The molecule has 9 heteroatoms. The summed E-state index contributed by atoms with van der Waals surface area (Å²) in [5, 5.41) is 7.45. The summed E-state index contributed by atoms with van der Waals surface area (Å²) in [6, 6.07) is 10.4. The molecule has 1 unspecified atom stereocenters. The number of anilines is 2. The summed E-state index contributed by atoms with van der Waals surface area (Å²) in [5.41, 5.74) is 1.62. The minimum atomic E-state index is -0.480. The first-order chi connectivity index (χ1) is 15.2. The first-order valence-electron chi connectivity index (χ1n) is 10.3. The molecule has 3 aromatic rings. The van der Waals surface area contributed by atoms with Gasteiger partial charge < -0.3 is 15.0 Å². The summed E-state index contributed by atoms with van der Waals surface area (Å²) in [5.74, 6) is 0.489. The van der Waals surface area contributed by atoms with Crippen LogP contribution in [-0.2, 0) is 11.3 Å². The molecule has 0 radical (unpaired) electrons. The standard InChI is InChI=1S/C22H23FN6O2/c23-20-12-17(29-15-18(31-22(29)30)14-28-9-1-6-26-28)3-4-19(20)16-2-5-21(25-13-16)27-10-7-24-8-11-27/h1-6,9,12-13,18,24H,7-8,10-11,14-15H2. The van der Waals surface area contributed by atoms with Crippen LogP contribution in [0.5, 0.6) is 0 Å². The van der Waals surface area contributed by atoms with Crippen molar-refractivity contribution in [3.8, 4) is 11.1 Å². The number of nitrogens with one attached hydrogen (secondary N) is 1. The van der Waals surface area contributed by atoms with Crippen molar-refractivity contribution in [2.75, 3.05) is 42.5 Å². The van der Waals surface area contributed by atoms with Gasteiger partial charge in [0.25, 0.3) is 0 Å². The highest BCUT2D eigenvalue weighted by Crippen LogP contribution is 2.29. The number of halogens is 1. The van der Waals surface area contributed by atoms with E-state index >= 15 is 0 Å². The molecular formula is C22H23FN6O2. The van der Waals surface area contributed by atoms with Crippen LogP contribution in [0.2, 0.25) is 0 Å². The molecule has 0 bridgehead atoms. The topological polar surface area (TPSA) is 75.5 Å². The Kier molecular flexibility index (Phi) is 5.25. The lowest BCUT2D eigenvalue weighted by atomic mass is 10.1. The molecule has 2 aliphatic rings. The third kappa shape index (κ3) is 4.09. The van der Waals surface area contributed by atoms with Gasteiger partial charge in [0.2, 0.25) is 0 Å². The third-order valence-corrected chi connectivity index (χ3v) is 5.59. The van der Waals surface area contributed by atoms with E-state index in [1.165, 1.54) is 11.0 Å². The van der Waals surface area contributed by atoms with Crippen molar-refractivity contribution in [2.24, 2.45) is 0 Å². The first-order valence-corrected chi connectivity index (χ1v) is 10.3. The molecule has 160 valence electrons. The Morgan fingerprint density at radius 3 is 2.77 bits per heavy atom. The molecular weight excluding hydrogens is 399 g/mol. The van der Waals surface area contributed by atoms with Crippen LogP contribution >= 0.6 is 0 Å². The number of nitrogens with zero attached hydrogens (tertiary/aromatic N) is 5. The molecule has 0 saturated carbocycles. The van der Waals surface area contributed by atoms with Crippen molar-refractivity contribution < 1.29 is 13.9 Å². The van der Waals surface area contributed by atoms with Crippen LogP contribution in [0.15, 0.2) is 55.0 Å². The number of piperazine rings is 1. The number of carbonyl (C=O) groups excluding carboxylic acids is 1. The van der Waals surface area contributed by atoms with Gasteiger partial charge in [0.05, 0.1) is 18.8 Å². The van der Waals surface area contributed by atoms with Crippen molar-refractivity contribution in [1.29, 1.82) is 0 Å². The molecule has 2 aliphatic heterocycles. The maximum Gasteiger partial charge on any atom is 0.414 e. The SMILES string of the molecule is O=C1OC(Cn2cccn2)CN1c1ccc(-c2ccc(N3CCNCC3)nc2)c(F)c1. The molecule has 31 heavy (non-hydrogen) atoms. The van der Waals surface area contributed by atoms with Crippen LogP contribution in [0.25, 0.3) is 11.1 Å². The van der Waals surface area contributed by atoms with Crippen molar-refractivity contribution in [2.45, 2.75) is 12.6 Å². The Morgan fingerprint density at radius 2 is 2.06 bits per heavy atom. The second kappa shape index (κ2) is 8.35. The van der Waals surface area contributed by atoms with E-state index < -0.39 is 11.9 Å². The summed E-state index contributed by atoms with van der Waals surface area (Å²) in [7, 11) is 0. The largest absolute Gasteiger partial charge is 0.442 e. The Morgan fingerprint density at radius 1 is 1.19 bits per heavy atom. The zero-order valence-corrected chi connectivity index (χ0v) is 16.9. The quantitative estimate of drug-likeness (QED) is 0.681. The summed E-state index contributed by atoms with van der Waals surface area (Å²) < 4.78 is 22.1. The first kappa shape index (κ1) is 19.5. The number of amides is 1. The average molecular weight is 422 g/mol. The number of ether oxygens (including phenoxy) is 1. The molecule has 2 fully saturated rings. The zero-order chi connectivity index (χ0) is 21.2. The number of aromatic nitrogens is 3.